The van der Waals surface area contributed by atoms with E-state index in [0.29, 0.717) is 6.04 Å². The van der Waals surface area contributed by atoms with Crippen LogP contribution in [0.15, 0.2) is 24.3 Å². The van der Waals surface area contributed by atoms with E-state index in [1.807, 2.05) is 18.2 Å². The molecule has 0 unspecified atom stereocenters. The van der Waals surface area contributed by atoms with Gasteiger partial charge in [0.05, 0.1) is 0 Å². The van der Waals surface area contributed by atoms with Gasteiger partial charge in [-0.25, -0.2) is 0 Å². The molecule has 0 radical (unpaired) electrons. The Labute approximate surface area is 99.0 Å². The van der Waals surface area contributed by atoms with E-state index in [0.717, 1.165) is 18.9 Å². The minimum absolute atomic E-state index is 0.625. The first-order chi connectivity index (χ1) is 7.77. The largest absolute Gasteiger partial charge is 0.492 e. The van der Waals surface area contributed by atoms with Crippen LogP contribution < -0.4 is 10.1 Å². The Balaban J connectivity index is 2.23. The summed E-state index contributed by atoms with van der Waals surface area (Å²) in [5, 5.41) is 3.48. The van der Waals surface area contributed by atoms with Gasteiger partial charge in [0.1, 0.15) is 12.4 Å². The molecule has 0 atom stereocenters. The van der Waals surface area contributed by atoms with Crippen LogP contribution >= 0.6 is 0 Å². The first kappa shape index (κ1) is 13.0. The number of aryl methyl sites for hydroxylation is 1. The first-order valence-electron chi connectivity index (χ1n) is 6.19. The van der Waals surface area contributed by atoms with Crippen molar-refractivity contribution in [3.63, 3.8) is 0 Å². The molecule has 0 heterocycles. The van der Waals surface area contributed by atoms with E-state index in [1.54, 1.807) is 0 Å². The maximum atomic E-state index is 5.71. The third-order valence-corrected chi connectivity index (χ3v) is 2.87. The van der Waals surface area contributed by atoms with Gasteiger partial charge in [0, 0.05) is 12.6 Å². The van der Waals surface area contributed by atoms with Crippen molar-refractivity contribution in [3.8, 4) is 5.75 Å². The fourth-order valence-corrected chi connectivity index (χ4v) is 1.72. The fourth-order valence-electron chi connectivity index (χ4n) is 1.72. The molecule has 0 amide bonds. The van der Waals surface area contributed by atoms with Gasteiger partial charge in [-0.1, -0.05) is 32.0 Å². The molecule has 0 fully saturated rings. The third kappa shape index (κ3) is 4.23. The maximum absolute atomic E-state index is 5.71. The lowest BCUT2D eigenvalue weighted by Crippen LogP contribution is -2.31. The van der Waals surface area contributed by atoms with Gasteiger partial charge in [0.15, 0.2) is 0 Å². The molecule has 0 saturated carbocycles. The summed E-state index contributed by atoms with van der Waals surface area (Å²) in [6.07, 6.45) is 2.36. The standard InChI is InChI=1S/C14H23NO/c1-4-13(5-2)15-10-11-16-14-9-7-6-8-12(14)3/h6-9,13,15H,4-5,10-11H2,1-3H3. The van der Waals surface area contributed by atoms with Crippen LogP contribution in [0.2, 0.25) is 0 Å². The highest BCUT2D eigenvalue weighted by atomic mass is 16.5. The number of benzene rings is 1. The van der Waals surface area contributed by atoms with E-state index in [-0.39, 0.29) is 0 Å². The predicted molar refractivity (Wildman–Crippen MR) is 69.0 cm³/mol. The molecule has 0 aromatic heterocycles. The van der Waals surface area contributed by atoms with E-state index in [2.05, 4.69) is 32.2 Å². The Hall–Kier alpha value is -1.02. The number of ether oxygens (including phenoxy) is 1. The molecule has 90 valence electrons. The molecule has 1 aromatic carbocycles. The second-order valence-corrected chi connectivity index (χ2v) is 4.08. The van der Waals surface area contributed by atoms with E-state index in [9.17, 15) is 0 Å². The topological polar surface area (TPSA) is 21.3 Å². The SMILES string of the molecule is CCC(CC)NCCOc1ccccc1C. The normalized spacial score (nSPS) is 10.8. The van der Waals surface area contributed by atoms with Gasteiger partial charge in [-0.2, -0.15) is 0 Å². The molecule has 2 heteroatoms. The second kappa shape index (κ2) is 7.29. The van der Waals surface area contributed by atoms with Crippen LogP contribution in [0.1, 0.15) is 32.3 Å². The summed E-state index contributed by atoms with van der Waals surface area (Å²) in [5.41, 5.74) is 1.20. The Morgan fingerprint density at radius 3 is 2.50 bits per heavy atom. The smallest absolute Gasteiger partial charge is 0.122 e. The summed E-state index contributed by atoms with van der Waals surface area (Å²) in [6.45, 7) is 8.15. The Kier molecular flexibility index (Phi) is 5.94. The molecule has 1 rings (SSSR count). The van der Waals surface area contributed by atoms with Crippen molar-refractivity contribution in [3.05, 3.63) is 29.8 Å². The molecule has 0 aliphatic heterocycles. The predicted octanol–water partition coefficient (Wildman–Crippen LogP) is 3.15. The number of hydrogen-bond donors (Lipinski definition) is 1. The average Bonchev–Trinajstić information content (AvgIpc) is 2.31. The average molecular weight is 221 g/mol. The van der Waals surface area contributed by atoms with Crippen molar-refractivity contribution < 1.29 is 4.74 Å². The zero-order chi connectivity index (χ0) is 11.8. The minimum atomic E-state index is 0.625. The van der Waals surface area contributed by atoms with Crippen LogP contribution in [0.5, 0.6) is 5.75 Å². The lowest BCUT2D eigenvalue weighted by molar-refractivity contribution is 0.300. The summed E-state index contributed by atoms with van der Waals surface area (Å²) in [7, 11) is 0. The zero-order valence-electron chi connectivity index (χ0n) is 10.6. The number of para-hydroxylation sites is 1. The summed E-state index contributed by atoms with van der Waals surface area (Å²) >= 11 is 0. The fraction of sp³-hybridized carbons (Fsp3) is 0.571. The Bertz CT molecular complexity index is 295. The van der Waals surface area contributed by atoms with Gasteiger partial charge < -0.3 is 10.1 Å². The van der Waals surface area contributed by atoms with Crippen LogP contribution in [-0.2, 0) is 0 Å². The summed E-state index contributed by atoms with van der Waals surface area (Å²) in [5.74, 6) is 0.994. The molecule has 1 N–H and O–H groups in total. The van der Waals surface area contributed by atoms with Crippen molar-refractivity contribution in [2.45, 2.75) is 39.7 Å². The van der Waals surface area contributed by atoms with E-state index >= 15 is 0 Å². The Morgan fingerprint density at radius 2 is 1.88 bits per heavy atom. The van der Waals surface area contributed by atoms with Crippen LogP contribution in [0, 0.1) is 6.92 Å². The van der Waals surface area contributed by atoms with Gasteiger partial charge in [0.2, 0.25) is 0 Å². The van der Waals surface area contributed by atoms with Crippen molar-refractivity contribution in [2.75, 3.05) is 13.2 Å². The van der Waals surface area contributed by atoms with Crippen molar-refractivity contribution in [1.82, 2.24) is 5.32 Å². The van der Waals surface area contributed by atoms with Crippen LogP contribution in [0.3, 0.4) is 0 Å². The van der Waals surface area contributed by atoms with Gasteiger partial charge in [0.25, 0.3) is 0 Å². The maximum Gasteiger partial charge on any atom is 0.122 e. The molecule has 0 spiro atoms. The number of hydrogen-bond acceptors (Lipinski definition) is 2. The molecule has 1 aromatic rings. The van der Waals surface area contributed by atoms with Crippen LogP contribution in [0.4, 0.5) is 0 Å². The molecule has 16 heavy (non-hydrogen) atoms. The monoisotopic (exact) mass is 221 g/mol. The van der Waals surface area contributed by atoms with Crippen LogP contribution in [0.25, 0.3) is 0 Å². The summed E-state index contributed by atoms with van der Waals surface area (Å²) < 4.78 is 5.71. The van der Waals surface area contributed by atoms with Crippen molar-refractivity contribution in [2.24, 2.45) is 0 Å². The highest BCUT2D eigenvalue weighted by Gasteiger charge is 2.01. The lowest BCUT2D eigenvalue weighted by atomic mass is 10.2. The quantitative estimate of drug-likeness (QED) is 0.714. The first-order valence-corrected chi connectivity index (χ1v) is 6.19. The van der Waals surface area contributed by atoms with E-state index in [4.69, 9.17) is 4.74 Å². The van der Waals surface area contributed by atoms with E-state index in [1.165, 1.54) is 18.4 Å². The highest BCUT2D eigenvalue weighted by molar-refractivity contribution is 5.31. The van der Waals surface area contributed by atoms with Gasteiger partial charge in [-0.15, -0.1) is 0 Å². The lowest BCUT2D eigenvalue weighted by Gasteiger charge is -2.15. The van der Waals surface area contributed by atoms with Crippen molar-refractivity contribution >= 4 is 0 Å². The number of nitrogens with one attached hydrogen (secondary N) is 1. The van der Waals surface area contributed by atoms with E-state index < -0.39 is 0 Å². The third-order valence-electron chi connectivity index (χ3n) is 2.87. The summed E-state index contributed by atoms with van der Waals surface area (Å²) in [6, 6.07) is 8.76. The van der Waals surface area contributed by atoms with Gasteiger partial charge in [-0.3, -0.25) is 0 Å². The summed E-state index contributed by atoms with van der Waals surface area (Å²) in [4.78, 5) is 0. The molecule has 0 saturated heterocycles. The minimum Gasteiger partial charge on any atom is -0.492 e. The highest BCUT2D eigenvalue weighted by Crippen LogP contribution is 2.15. The molecule has 0 aliphatic carbocycles. The Morgan fingerprint density at radius 1 is 1.19 bits per heavy atom. The van der Waals surface area contributed by atoms with Crippen molar-refractivity contribution in [1.29, 1.82) is 0 Å². The molecule has 0 aliphatic rings. The molecular formula is C14H23NO. The molecule has 0 bridgehead atoms. The second-order valence-electron chi connectivity index (χ2n) is 4.08. The molecular weight excluding hydrogens is 198 g/mol. The van der Waals surface area contributed by atoms with Crippen LogP contribution in [-0.4, -0.2) is 19.2 Å². The molecule has 2 nitrogen and oxygen atoms in total. The zero-order valence-corrected chi connectivity index (χ0v) is 10.6. The van der Waals surface area contributed by atoms with Gasteiger partial charge >= 0.3 is 0 Å². The number of rotatable bonds is 7. The van der Waals surface area contributed by atoms with Gasteiger partial charge in [-0.05, 0) is 31.4 Å².